The van der Waals surface area contributed by atoms with Crippen LogP contribution in [0, 0.1) is 0 Å². The Balaban J connectivity index is 2.38. The molecule has 0 saturated heterocycles. The van der Waals surface area contributed by atoms with Crippen LogP contribution in [0.1, 0.15) is 10.5 Å². The van der Waals surface area contributed by atoms with Crippen molar-refractivity contribution in [3.8, 4) is 5.69 Å². The third-order valence-corrected chi connectivity index (χ3v) is 2.53. The van der Waals surface area contributed by atoms with E-state index in [1.165, 1.54) is 18.2 Å². The lowest BCUT2D eigenvalue weighted by molar-refractivity contribution is -0.0888. The summed E-state index contributed by atoms with van der Waals surface area (Å²) < 4.78 is 37.6. The van der Waals surface area contributed by atoms with E-state index in [0.717, 1.165) is 10.9 Å². The lowest BCUT2D eigenvalue weighted by atomic mass is 10.3. The molecule has 1 aromatic carbocycles. The lowest BCUT2D eigenvalue weighted by Crippen LogP contribution is -2.23. The molecule has 0 aliphatic carbocycles. The third kappa shape index (κ3) is 3.05. The normalized spacial score (nSPS) is 11.6. The van der Waals surface area contributed by atoms with E-state index in [1.54, 1.807) is 0 Å². The van der Waals surface area contributed by atoms with E-state index in [4.69, 9.17) is 23.2 Å². The molecule has 100 valence electrons. The molecule has 0 unspecified atom stereocenters. The Hall–Kier alpha value is -1.60. The van der Waals surface area contributed by atoms with Crippen LogP contribution in [-0.2, 0) is 0 Å². The molecule has 1 heterocycles. The minimum Gasteiger partial charge on any atom is -0.282 e. The van der Waals surface area contributed by atoms with Gasteiger partial charge in [0.25, 0.3) is 5.78 Å². The number of nitrogens with zero attached hydrogens (tertiary/aromatic N) is 3. The number of carbonyl (C=O) groups excluding carboxylic acids is 1. The first-order valence-electron chi connectivity index (χ1n) is 4.78. The highest BCUT2D eigenvalue weighted by Crippen LogP contribution is 2.23. The van der Waals surface area contributed by atoms with Crippen molar-refractivity contribution in [2.75, 3.05) is 0 Å². The predicted molar refractivity (Wildman–Crippen MR) is 61.8 cm³/mol. The van der Waals surface area contributed by atoms with Crippen molar-refractivity contribution in [3.05, 3.63) is 40.1 Å². The summed E-state index contributed by atoms with van der Waals surface area (Å²) >= 11 is 11.5. The van der Waals surface area contributed by atoms with Crippen molar-refractivity contribution < 1.29 is 18.0 Å². The van der Waals surface area contributed by atoms with Crippen LogP contribution in [0.4, 0.5) is 13.2 Å². The number of hydrogen-bond acceptors (Lipinski definition) is 3. The first-order valence-corrected chi connectivity index (χ1v) is 5.53. The van der Waals surface area contributed by atoms with Gasteiger partial charge in [0, 0.05) is 10.0 Å². The standard InChI is InChI=1S/C10H4Cl2F3N3O/c11-5-1-6(12)3-7(2-5)18-4-8(16-17-18)9(19)10(13,14)15/h1-4H. The van der Waals surface area contributed by atoms with Gasteiger partial charge < -0.3 is 0 Å². The largest absolute Gasteiger partial charge is 0.456 e. The van der Waals surface area contributed by atoms with Crippen LogP contribution in [0.5, 0.6) is 0 Å². The minimum absolute atomic E-state index is 0.279. The topological polar surface area (TPSA) is 47.8 Å². The zero-order valence-corrected chi connectivity index (χ0v) is 10.5. The monoisotopic (exact) mass is 309 g/mol. The Morgan fingerprint density at radius 3 is 2.26 bits per heavy atom. The molecule has 1 aromatic heterocycles. The van der Waals surface area contributed by atoms with Crippen LogP contribution in [0.3, 0.4) is 0 Å². The first-order chi connectivity index (χ1) is 8.77. The molecule has 2 aromatic rings. The van der Waals surface area contributed by atoms with Gasteiger partial charge in [-0.3, -0.25) is 4.79 Å². The van der Waals surface area contributed by atoms with E-state index < -0.39 is 17.7 Å². The van der Waals surface area contributed by atoms with Crippen molar-refractivity contribution in [2.45, 2.75) is 6.18 Å². The van der Waals surface area contributed by atoms with Crippen molar-refractivity contribution in [1.29, 1.82) is 0 Å². The molecule has 19 heavy (non-hydrogen) atoms. The molecule has 2 rings (SSSR count). The number of rotatable bonds is 2. The fourth-order valence-electron chi connectivity index (χ4n) is 1.31. The molecule has 0 bridgehead atoms. The highest BCUT2D eigenvalue weighted by molar-refractivity contribution is 6.34. The van der Waals surface area contributed by atoms with Gasteiger partial charge in [-0.2, -0.15) is 13.2 Å². The van der Waals surface area contributed by atoms with E-state index >= 15 is 0 Å². The molecule has 0 aliphatic rings. The van der Waals surface area contributed by atoms with Crippen molar-refractivity contribution in [2.24, 2.45) is 0 Å². The second-order valence-electron chi connectivity index (χ2n) is 3.50. The SMILES string of the molecule is O=C(c1cn(-c2cc(Cl)cc(Cl)c2)nn1)C(F)(F)F. The van der Waals surface area contributed by atoms with Gasteiger partial charge in [0.1, 0.15) is 0 Å². The molecular weight excluding hydrogens is 306 g/mol. The van der Waals surface area contributed by atoms with Gasteiger partial charge in [-0.15, -0.1) is 5.10 Å². The highest BCUT2D eigenvalue weighted by Gasteiger charge is 2.41. The maximum atomic E-state index is 12.2. The molecule has 0 radical (unpaired) electrons. The van der Waals surface area contributed by atoms with Gasteiger partial charge in [0.15, 0.2) is 5.69 Å². The number of carbonyl (C=O) groups is 1. The molecule has 9 heteroatoms. The number of ketones is 1. The maximum Gasteiger partial charge on any atom is 0.456 e. The van der Waals surface area contributed by atoms with Crippen LogP contribution in [0.15, 0.2) is 24.4 Å². The van der Waals surface area contributed by atoms with Gasteiger partial charge in [-0.25, -0.2) is 4.68 Å². The molecule has 0 aliphatic heterocycles. The minimum atomic E-state index is -4.99. The maximum absolute atomic E-state index is 12.2. The van der Waals surface area contributed by atoms with E-state index in [2.05, 4.69) is 10.3 Å². The summed E-state index contributed by atoms with van der Waals surface area (Å²) in [6, 6.07) is 4.29. The molecule has 0 amide bonds. The molecule has 0 fully saturated rings. The molecule has 0 saturated carbocycles. The van der Waals surface area contributed by atoms with Crippen molar-refractivity contribution in [3.63, 3.8) is 0 Å². The second-order valence-corrected chi connectivity index (χ2v) is 4.38. The Bertz CT molecular complexity index is 619. The summed E-state index contributed by atoms with van der Waals surface area (Å²) in [5.74, 6) is -2.06. The van der Waals surface area contributed by atoms with Crippen LogP contribution in [0.25, 0.3) is 5.69 Å². The van der Waals surface area contributed by atoms with Crippen LogP contribution >= 0.6 is 23.2 Å². The van der Waals surface area contributed by atoms with Gasteiger partial charge in [0.05, 0.1) is 11.9 Å². The zero-order valence-electron chi connectivity index (χ0n) is 8.95. The second kappa shape index (κ2) is 4.82. The highest BCUT2D eigenvalue weighted by atomic mass is 35.5. The van der Waals surface area contributed by atoms with Gasteiger partial charge >= 0.3 is 6.18 Å². The van der Waals surface area contributed by atoms with E-state index in [1.807, 2.05) is 0 Å². The van der Waals surface area contributed by atoms with Crippen LogP contribution < -0.4 is 0 Å². The average Bonchev–Trinajstić information content (AvgIpc) is 2.74. The number of hydrogen-bond donors (Lipinski definition) is 0. The average molecular weight is 310 g/mol. The molecule has 4 nitrogen and oxygen atoms in total. The van der Waals surface area contributed by atoms with E-state index in [-0.39, 0.29) is 10.0 Å². The molecular formula is C10H4Cl2F3N3O. The van der Waals surface area contributed by atoms with Crippen LogP contribution in [-0.4, -0.2) is 27.0 Å². The number of aromatic nitrogens is 3. The summed E-state index contributed by atoms with van der Waals surface area (Å²) in [6.07, 6.45) is -4.13. The third-order valence-electron chi connectivity index (χ3n) is 2.10. The number of alkyl halides is 3. The zero-order chi connectivity index (χ0) is 14.2. The van der Waals surface area contributed by atoms with E-state index in [9.17, 15) is 18.0 Å². The van der Waals surface area contributed by atoms with E-state index in [0.29, 0.717) is 5.69 Å². The summed E-state index contributed by atoms with van der Waals surface area (Å²) in [5.41, 5.74) is -0.505. The predicted octanol–water partition coefficient (Wildman–Crippen LogP) is 3.32. The fourth-order valence-corrected chi connectivity index (χ4v) is 1.83. The molecule has 0 atom stereocenters. The Morgan fingerprint density at radius 2 is 1.74 bits per heavy atom. The summed E-state index contributed by atoms with van der Waals surface area (Å²) in [7, 11) is 0. The molecule has 0 N–H and O–H groups in total. The van der Waals surface area contributed by atoms with Gasteiger partial charge in [-0.1, -0.05) is 28.4 Å². The van der Waals surface area contributed by atoms with Crippen molar-refractivity contribution in [1.82, 2.24) is 15.0 Å². The van der Waals surface area contributed by atoms with Crippen molar-refractivity contribution >= 4 is 29.0 Å². The number of halogens is 5. The van der Waals surface area contributed by atoms with Gasteiger partial charge in [-0.05, 0) is 18.2 Å². The Labute approximate surface area is 114 Å². The van der Waals surface area contributed by atoms with Crippen LogP contribution in [0.2, 0.25) is 10.0 Å². The first kappa shape index (κ1) is 13.8. The summed E-state index contributed by atoms with van der Waals surface area (Å²) in [4.78, 5) is 11.0. The Kier molecular flexibility index (Phi) is 3.51. The Morgan fingerprint density at radius 1 is 1.16 bits per heavy atom. The summed E-state index contributed by atoms with van der Waals surface area (Å²) in [6.45, 7) is 0. The fraction of sp³-hybridized carbons (Fsp3) is 0.100. The quantitative estimate of drug-likeness (QED) is 0.800. The molecule has 0 spiro atoms. The number of benzene rings is 1. The summed E-state index contributed by atoms with van der Waals surface area (Å²) in [5, 5.41) is 7.17. The number of Topliss-reactive ketones (excluding diaryl/α,β-unsaturated/α-hetero) is 1. The smallest absolute Gasteiger partial charge is 0.282 e. The lowest BCUT2D eigenvalue weighted by Gasteiger charge is -2.02. The van der Waals surface area contributed by atoms with Gasteiger partial charge in [0.2, 0.25) is 0 Å².